The van der Waals surface area contributed by atoms with Crippen molar-refractivity contribution >= 4 is 11.6 Å². The summed E-state index contributed by atoms with van der Waals surface area (Å²) >= 11 is 6.03. The summed E-state index contributed by atoms with van der Waals surface area (Å²) in [6.45, 7) is 0.663. The molecule has 2 fully saturated rings. The molecule has 2 bridgehead atoms. The lowest BCUT2D eigenvalue weighted by Gasteiger charge is -2.42. The van der Waals surface area contributed by atoms with Crippen molar-refractivity contribution in [3.05, 3.63) is 59.1 Å². The third-order valence-electron chi connectivity index (χ3n) is 5.83. The monoisotopic (exact) mass is 341 g/mol. The molecule has 2 heterocycles. The van der Waals surface area contributed by atoms with Crippen LogP contribution in [0.2, 0.25) is 5.02 Å². The van der Waals surface area contributed by atoms with Gasteiger partial charge in [0.2, 0.25) is 0 Å². The number of hydrogen-bond donors (Lipinski definition) is 0. The molecule has 24 heavy (non-hydrogen) atoms. The number of fused-ring (bicyclic) bond motifs is 2. The molecule has 126 valence electrons. The van der Waals surface area contributed by atoms with Gasteiger partial charge in [0.05, 0.1) is 6.61 Å². The molecular weight excluding hydrogens is 318 g/mol. The minimum atomic E-state index is -0.0456. The van der Waals surface area contributed by atoms with Crippen molar-refractivity contribution < 1.29 is 4.74 Å². The Morgan fingerprint density at radius 1 is 1.08 bits per heavy atom. The lowest BCUT2D eigenvalue weighted by Crippen LogP contribution is -2.49. The fraction of sp³-hybridized carbons (Fsp3) is 0.429. The lowest BCUT2D eigenvalue weighted by atomic mass is 9.99. The zero-order chi connectivity index (χ0) is 16.6. The van der Waals surface area contributed by atoms with E-state index in [1.54, 1.807) is 0 Å². The van der Waals surface area contributed by atoms with E-state index in [4.69, 9.17) is 16.3 Å². The Morgan fingerprint density at radius 3 is 2.71 bits per heavy atom. The third kappa shape index (κ3) is 2.88. The molecule has 2 aromatic carbocycles. The van der Waals surface area contributed by atoms with Gasteiger partial charge in [0, 0.05) is 11.1 Å². The summed E-state index contributed by atoms with van der Waals surface area (Å²) in [6.07, 6.45) is 6.20. The van der Waals surface area contributed by atoms with Gasteiger partial charge in [-0.25, -0.2) is 0 Å². The van der Waals surface area contributed by atoms with E-state index >= 15 is 0 Å². The number of piperidine rings is 1. The molecule has 2 aliphatic rings. The van der Waals surface area contributed by atoms with E-state index in [2.05, 4.69) is 48.3 Å². The maximum absolute atomic E-state index is 6.55. The quantitative estimate of drug-likeness (QED) is 0.728. The fourth-order valence-corrected chi connectivity index (χ4v) is 4.49. The summed E-state index contributed by atoms with van der Waals surface area (Å²) < 4.78 is 6.55. The van der Waals surface area contributed by atoms with Crippen molar-refractivity contribution in [3.8, 4) is 11.1 Å². The molecule has 2 saturated heterocycles. The summed E-state index contributed by atoms with van der Waals surface area (Å²) in [7, 11) is 2.24. The SMILES string of the molecule is CN1[C@@H]2CCC[C@@]1(OCc1ccccc1-c1ccc(Cl)cc1)CC2. The Labute approximate surface area is 149 Å². The molecular formula is C21H24ClNO. The molecule has 2 aromatic rings. The van der Waals surface area contributed by atoms with Crippen LogP contribution in [0.5, 0.6) is 0 Å². The number of benzene rings is 2. The van der Waals surface area contributed by atoms with Crippen molar-refractivity contribution in [1.29, 1.82) is 0 Å². The normalized spacial score (nSPS) is 26.7. The highest BCUT2D eigenvalue weighted by Crippen LogP contribution is 2.44. The van der Waals surface area contributed by atoms with E-state index in [-0.39, 0.29) is 5.72 Å². The maximum atomic E-state index is 6.55. The molecule has 2 atom stereocenters. The van der Waals surface area contributed by atoms with Gasteiger partial charge in [-0.2, -0.15) is 0 Å². The highest BCUT2D eigenvalue weighted by molar-refractivity contribution is 6.30. The number of hydrogen-bond acceptors (Lipinski definition) is 2. The zero-order valence-electron chi connectivity index (χ0n) is 14.2. The van der Waals surface area contributed by atoms with Gasteiger partial charge < -0.3 is 4.74 Å². The van der Waals surface area contributed by atoms with Crippen molar-refractivity contribution in [3.63, 3.8) is 0 Å². The second kappa shape index (κ2) is 6.51. The van der Waals surface area contributed by atoms with Gasteiger partial charge >= 0.3 is 0 Å². The van der Waals surface area contributed by atoms with E-state index in [1.165, 1.54) is 36.0 Å². The highest BCUT2D eigenvalue weighted by atomic mass is 35.5. The molecule has 0 N–H and O–H groups in total. The molecule has 0 amide bonds. The predicted octanol–water partition coefficient (Wildman–Crippen LogP) is 5.50. The number of rotatable bonds is 4. The van der Waals surface area contributed by atoms with Crippen LogP contribution in [0.4, 0.5) is 0 Å². The van der Waals surface area contributed by atoms with Gasteiger partial charge in [-0.1, -0.05) is 48.0 Å². The molecule has 2 aliphatic heterocycles. The Hall–Kier alpha value is -1.35. The molecule has 0 radical (unpaired) electrons. The Kier molecular flexibility index (Phi) is 4.38. The van der Waals surface area contributed by atoms with Gasteiger partial charge in [0.1, 0.15) is 5.72 Å². The first-order valence-corrected chi connectivity index (χ1v) is 9.26. The highest BCUT2D eigenvalue weighted by Gasteiger charge is 2.47. The lowest BCUT2D eigenvalue weighted by molar-refractivity contribution is -0.161. The smallest absolute Gasteiger partial charge is 0.122 e. The first-order valence-electron chi connectivity index (χ1n) is 8.89. The molecule has 0 spiro atoms. The summed E-state index contributed by atoms with van der Waals surface area (Å²) in [5, 5.41) is 0.771. The second-order valence-electron chi connectivity index (χ2n) is 7.09. The summed E-state index contributed by atoms with van der Waals surface area (Å²) in [6, 6.07) is 17.3. The van der Waals surface area contributed by atoms with Crippen molar-refractivity contribution in [2.75, 3.05) is 7.05 Å². The predicted molar refractivity (Wildman–Crippen MR) is 99.0 cm³/mol. The van der Waals surface area contributed by atoms with Crippen LogP contribution >= 0.6 is 11.6 Å². The number of halogens is 1. The molecule has 2 nitrogen and oxygen atoms in total. The van der Waals surface area contributed by atoms with Crippen molar-refractivity contribution in [2.24, 2.45) is 0 Å². The molecule has 0 saturated carbocycles. The van der Waals surface area contributed by atoms with Crippen LogP contribution in [0.1, 0.15) is 37.7 Å². The minimum absolute atomic E-state index is 0.0456. The van der Waals surface area contributed by atoms with Gasteiger partial charge in [-0.3, -0.25) is 4.90 Å². The van der Waals surface area contributed by atoms with E-state index in [9.17, 15) is 0 Å². The van der Waals surface area contributed by atoms with E-state index < -0.39 is 0 Å². The van der Waals surface area contributed by atoms with Crippen LogP contribution in [-0.4, -0.2) is 23.7 Å². The molecule has 0 unspecified atom stereocenters. The standard InChI is InChI=1S/C21H24ClNO/c1-23-19-6-4-13-21(23,14-12-19)24-15-17-5-2-3-7-20(17)16-8-10-18(22)11-9-16/h2-3,5,7-11,19H,4,6,12-15H2,1H3/t19-,21-/m1/s1. The Balaban J connectivity index is 1.56. The molecule has 4 rings (SSSR count). The van der Waals surface area contributed by atoms with Crippen LogP contribution in [0.3, 0.4) is 0 Å². The van der Waals surface area contributed by atoms with Crippen molar-refractivity contribution in [2.45, 2.75) is 50.5 Å². The van der Waals surface area contributed by atoms with Gasteiger partial charge in [-0.05, 0) is 68.0 Å². The third-order valence-corrected chi connectivity index (χ3v) is 6.08. The minimum Gasteiger partial charge on any atom is -0.356 e. The largest absolute Gasteiger partial charge is 0.356 e. The topological polar surface area (TPSA) is 12.5 Å². The van der Waals surface area contributed by atoms with E-state index in [0.29, 0.717) is 12.6 Å². The first-order chi connectivity index (χ1) is 11.7. The second-order valence-corrected chi connectivity index (χ2v) is 7.53. The Bertz CT molecular complexity index is 710. The summed E-state index contributed by atoms with van der Waals surface area (Å²) in [5.74, 6) is 0. The van der Waals surface area contributed by atoms with E-state index in [1.807, 2.05) is 12.1 Å². The Morgan fingerprint density at radius 2 is 1.88 bits per heavy atom. The molecule has 3 heteroatoms. The van der Waals surface area contributed by atoms with Crippen LogP contribution < -0.4 is 0 Å². The summed E-state index contributed by atoms with van der Waals surface area (Å²) in [5.41, 5.74) is 3.63. The first kappa shape index (κ1) is 16.1. The molecule has 0 aliphatic carbocycles. The van der Waals surface area contributed by atoms with Gasteiger partial charge in [0.15, 0.2) is 0 Å². The molecule has 0 aromatic heterocycles. The fourth-order valence-electron chi connectivity index (χ4n) is 4.36. The average Bonchev–Trinajstić information content (AvgIpc) is 2.79. The summed E-state index contributed by atoms with van der Waals surface area (Å²) in [4.78, 5) is 2.49. The van der Waals surface area contributed by atoms with Crippen LogP contribution in [0.25, 0.3) is 11.1 Å². The van der Waals surface area contributed by atoms with Gasteiger partial charge in [0.25, 0.3) is 0 Å². The number of nitrogens with zero attached hydrogens (tertiary/aromatic N) is 1. The average molecular weight is 342 g/mol. The maximum Gasteiger partial charge on any atom is 0.122 e. The van der Waals surface area contributed by atoms with Crippen LogP contribution in [0.15, 0.2) is 48.5 Å². The van der Waals surface area contributed by atoms with Crippen molar-refractivity contribution in [1.82, 2.24) is 4.90 Å². The van der Waals surface area contributed by atoms with Gasteiger partial charge in [-0.15, -0.1) is 0 Å². The number of ether oxygens (including phenoxy) is 1. The van der Waals surface area contributed by atoms with Crippen LogP contribution in [0, 0.1) is 0 Å². The van der Waals surface area contributed by atoms with E-state index in [0.717, 1.165) is 17.9 Å². The van der Waals surface area contributed by atoms with Crippen LogP contribution in [-0.2, 0) is 11.3 Å². The zero-order valence-corrected chi connectivity index (χ0v) is 14.9.